The van der Waals surface area contributed by atoms with Crippen molar-refractivity contribution < 1.29 is 4.42 Å². The Kier molecular flexibility index (Phi) is 8.32. The molecular formula is C54H37N3O. The monoisotopic (exact) mass is 743 g/mol. The van der Waals surface area contributed by atoms with Gasteiger partial charge in [-0.15, -0.1) is 0 Å². The van der Waals surface area contributed by atoms with E-state index in [1.807, 2.05) is 60.7 Å². The van der Waals surface area contributed by atoms with Crippen molar-refractivity contribution in [1.29, 1.82) is 0 Å². The number of hydrogen-bond acceptors (Lipinski definition) is 4. The summed E-state index contributed by atoms with van der Waals surface area (Å²) < 4.78 is 7.09. The topological polar surface area (TPSA) is 51.8 Å². The van der Waals surface area contributed by atoms with Gasteiger partial charge in [0.15, 0.2) is 17.5 Å². The van der Waals surface area contributed by atoms with Crippen LogP contribution in [0, 0.1) is 0 Å². The molecule has 0 saturated carbocycles. The second-order valence-electron chi connectivity index (χ2n) is 15.0. The van der Waals surface area contributed by atoms with Crippen LogP contribution < -0.4 is 0 Å². The van der Waals surface area contributed by atoms with Gasteiger partial charge >= 0.3 is 0 Å². The maximum atomic E-state index is 7.09. The van der Waals surface area contributed by atoms with Crippen molar-refractivity contribution in [3.8, 4) is 67.5 Å². The fourth-order valence-corrected chi connectivity index (χ4v) is 8.79. The van der Waals surface area contributed by atoms with E-state index in [2.05, 4.69) is 133 Å². The van der Waals surface area contributed by atoms with Crippen LogP contribution in [0.4, 0.5) is 0 Å². The fourth-order valence-electron chi connectivity index (χ4n) is 8.79. The highest BCUT2D eigenvalue weighted by Crippen LogP contribution is 2.46. The molecule has 1 aliphatic carbocycles. The Hall–Kier alpha value is -7.43. The molecule has 1 unspecified atom stereocenters. The van der Waals surface area contributed by atoms with E-state index in [-0.39, 0.29) is 5.92 Å². The predicted molar refractivity (Wildman–Crippen MR) is 236 cm³/mol. The molecule has 2 aromatic heterocycles. The first-order valence-electron chi connectivity index (χ1n) is 19.9. The Labute approximate surface area is 337 Å². The number of rotatable bonds is 6. The Bertz CT molecular complexity index is 3060. The Morgan fingerprint density at radius 2 is 0.897 bits per heavy atom. The molecule has 0 N–H and O–H groups in total. The van der Waals surface area contributed by atoms with E-state index in [0.29, 0.717) is 17.5 Å². The van der Waals surface area contributed by atoms with E-state index < -0.39 is 0 Å². The molecule has 0 aliphatic heterocycles. The quantitative estimate of drug-likeness (QED) is 0.170. The fraction of sp³-hybridized carbons (Fsp3) is 0.0556. The molecule has 0 bridgehead atoms. The molecule has 11 rings (SSSR count). The van der Waals surface area contributed by atoms with Crippen LogP contribution in [0.25, 0.3) is 89.5 Å². The Morgan fingerprint density at radius 1 is 0.362 bits per heavy atom. The van der Waals surface area contributed by atoms with Crippen molar-refractivity contribution in [2.45, 2.75) is 18.8 Å². The molecule has 0 radical (unpaired) electrons. The van der Waals surface area contributed by atoms with Crippen LogP contribution in [-0.4, -0.2) is 15.0 Å². The van der Waals surface area contributed by atoms with Gasteiger partial charge in [0.2, 0.25) is 0 Å². The van der Waals surface area contributed by atoms with E-state index >= 15 is 0 Å². The summed E-state index contributed by atoms with van der Waals surface area (Å²) in [5.74, 6) is 2.07. The minimum Gasteiger partial charge on any atom is -0.455 e. The van der Waals surface area contributed by atoms with E-state index in [0.717, 1.165) is 62.6 Å². The molecule has 2 heterocycles. The lowest BCUT2D eigenvalue weighted by Crippen LogP contribution is -2.02. The van der Waals surface area contributed by atoms with Gasteiger partial charge in [-0.2, -0.15) is 0 Å². The van der Waals surface area contributed by atoms with Gasteiger partial charge in [0.05, 0.1) is 0 Å². The molecule has 0 fully saturated rings. The van der Waals surface area contributed by atoms with Gasteiger partial charge in [0.1, 0.15) is 11.2 Å². The van der Waals surface area contributed by atoms with Crippen molar-refractivity contribution >= 4 is 21.9 Å². The lowest BCUT2D eigenvalue weighted by molar-refractivity contribution is 0.648. The number of hydrogen-bond donors (Lipinski definition) is 0. The Morgan fingerprint density at radius 3 is 1.62 bits per heavy atom. The molecule has 0 amide bonds. The summed E-state index contributed by atoms with van der Waals surface area (Å²) in [5, 5.41) is 2.24. The molecule has 58 heavy (non-hydrogen) atoms. The lowest BCUT2D eigenvalue weighted by atomic mass is 9.85. The SMILES string of the molecule is c1ccc(-c2ccc3c(c2)-c2ccccc2C(c2cccc4c2oc2c(-c5cccc(-c6nc(-c7ccccc7)nc(-c7ccccc7)n6)c5)cccc24)CC3)cc1. The number of fused-ring (bicyclic) bond motifs is 6. The summed E-state index contributed by atoms with van der Waals surface area (Å²) in [6.45, 7) is 0. The smallest absolute Gasteiger partial charge is 0.164 e. The number of benzene rings is 8. The van der Waals surface area contributed by atoms with Crippen LogP contribution in [0.15, 0.2) is 199 Å². The van der Waals surface area contributed by atoms with Gasteiger partial charge in [0.25, 0.3) is 0 Å². The maximum absolute atomic E-state index is 7.09. The van der Waals surface area contributed by atoms with Crippen LogP contribution in [0.1, 0.15) is 29.0 Å². The number of furan rings is 1. The molecule has 1 atom stereocenters. The normalized spacial score (nSPS) is 13.6. The molecule has 10 aromatic rings. The Balaban J connectivity index is 1.02. The molecule has 274 valence electrons. The summed E-state index contributed by atoms with van der Waals surface area (Å²) in [4.78, 5) is 14.9. The number of aromatic nitrogens is 3. The minimum atomic E-state index is 0.168. The number of para-hydroxylation sites is 2. The molecule has 4 heteroatoms. The van der Waals surface area contributed by atoms with Crippen molar-refractivity contribution in [3.63, 3.8) is 0 Å². The lowest BCUT2D eigenvalue weighted by Gasteiger charge is -2.19. The molecular weight excluding hydrogens is 707 g/mol. The number of nitrogens with zero attached hydrogens (tertiary/aromatic N) is 3. The van der Waals surface area contributed by atoms with Crippen molar-refractivity contribution in [2.75, 3.05) is 0 Å². The van der Waals surface area contributed by atoms with Gasteiger partial charge in [-0.05, 0) is 63.9 Å². The largest absolute Gasteiger partial charge is 0.455 e. The van der Waals surface area contributed by atoms with E-state index in [1.165, 1.54) is 38.9 Å². The van der Waals surface area contributed by atoms with Crippen molar-refractivity contribution in [1.82, 2.24) is 15.0 Å². The van der Waals surface area contributed by atoms with E-state index in [9.17, 15) is 0 Å². The zero-order valence-corrected chi connectivity index (χ0v) is 31.7. The second kappa shape index (κ2) is 14.3. The summed E-state index contributed by atoms with van der Waals surface area (Å²) in [7, 11) is 0. The summed E-state index contributed by atoms with van der Waals surface area (Å²) in [6.07, 6.45) is 1.97. The highest BCUT2D eigenvalue weighted by Gasteiger charge is 2.27. The second-order valence-corrected chi connectivity index (χ2v) is 15.0. The van der Waals surface area contributed by atoms with Gasteiger partial charge < -0.3 is 4.42 Å². The molecule has 4 nitrogen and oxygen atoms in total. The van der Waals surface area contributed by atoms with Crippen LogP contribution in [0.2, 0.25) is 0 Å². The first kappa shape index (κ1) is 33.9. The van der Waals surface area contributed by atoms with Gasteiger partial charge in [-0.1, -0.05) is 182 Å². The molecule has 1 aliphatic rings. The average molecular weight is 744 g/mol. The molecule has 0 spiro atoms. The van der Waals surface area contributed by atoms with Crippen molar-refractivity contribution in [2.24, 2.45) is 0 Å². The summed E-state index contributed by atoms with van der Waals surface area (Å²) in [5.41, 5.74) is 15.8. The summed E-state index contributed by atoms with van der Waals surface area (Å²) in [6, 6.07) is 68.5. The number of aryl methyl sites for hydroxylation is 1. The zero-order chi connectivity index (χ0) is 38.4. The van der Waals surface area contributed by atoms with Gasteiger partial charge in [0, 0.05) is 44.5 Å². The van der Waals surface area contributed by atoms with Crippen molar-refractivity contribution in [3.05, 3.63) is 211 Å². The van der Waals surface area contributed by atoms with Crippen LogP contribution in [0.5, 0.6) is 0 Å². The molecule has 8 aromatic carbocycles. The first-order chi connectivity index (χ1) is 28.7. The molecule has 0 saturated heterocycles. The zero-order valence-electron chi connectivity index (χ0n) is 31.7. The average Bonchev–Trinajstić information content (AvgIpc) is 3.61. The maximum Gasteiger partial charge on any atom is 0.164 e. The highest BCUT2D eigenvalue weighted by molar-refractivity contribution is 6.10. The van der Waals surface area contributed by atoms with Gasteiger partial charge in [-0.3, -0.25) is 0 Å². The third kappa shape index (κ3) is 5.98. The van der Waals surface area contributed by atoms with E-state index in [4.69, 9.17) is 19.4 Å². The third-order valence-electron chi connectivity index (χ3n) is 11.6. The minimum absolute atomic E-state index is 0.168. The van der Waals surface area contributed by atoms with Crippen LogP contribution in [0.3, 0.4) is 0 Å². The highest BCUT2D eigenvalue weighted by atomic mass is 16.3. The third-order valence-corrected chi connectivity index (χ3v) is 11.6. The van der Waals surface area contributed by atoms with Crippen LogP contribution >= 0.6 is 0 Å². The van der Waals surface area contributed by atoms with Crippen LogP contribution in [-0.2, 0) is 6.42 Å². The first-order valence-corrected chi connectivity index (χ1v) is 19.9. The predicted octanol–water partition coefficient (Wildman–Crippen LogP) is 13.9. The van der Waals surface area contributed by atoms with Gasteiger partial charge in [-0.25, -0.2) is 15.0 Å². The van der Waals surface area contributed by atoms with E-state index in [1.54, 1.807) is 0 Å². The standard InChI is InChI=1S/C54H37N3O/c1-4-15-35(16-5-1)39-30-29-36-31-32-45(43-23-10-11-24-44(43)49(36)34-39)46-26-14-28-48-47-27-13-25-42(50(47)58-51(46)48)40-21-12-22-41(33-40)54-56-52(37-17-6-2-7-18-37)55-53(57-54)38-19-8-3-9-20-38/h1-30,33-34,45H,31-32H2. The summed E-state index contributed by atoms with van der Waals surface area (Å²) >= 11 is 0.